The van der Waals surface area contributed by atoms with Crippen molar-refractivity contribution in [2.24, 2.45) is 0 Å². The Morgan fingerprint density at radius 1 is 1.24 bits per heavy atom. The van der Waals surface area contributed by atoms with Crippen LogP contribution in [0.4, 0.5) is 11.5 Å². The molecule has 2 aliphatic rings. The Kier molecular flexibility index (Phi) is 8.68. The zero-order valence-electron chi connectivity index (χ0n) is 22.6. The molecule has 3 N–H and O–H groups in total. The third kappa shape index (κ3) is 6.16. The molecule has 0 aliphatic carbocycles. The summed E-state index contributed by atoms with van der Waals surface area (Å²) >= 11 is 0. The lowest BCUT2D eigenvalue weighted by Crippen LogP contribution is -2.32. The first-order valence-electron chi connectivity index (χ1n) is 13.2. The number of hydrogen-bond donors (Lipinski definition) is 2. The number of hydrogen-bond acceptors (Lipinski definition) is 8. The number of benzene rings is 2. The number of rotatable bonds is 6. The zero-order valence-corrected chi connectivity index (χ0v) is 22.6. The second kappa shape index (κ2) is 12.1. The summed E-state index contributed by atoms with van der Waals surface area (Å²) in [6.45, 7) is 12.1. The maximum Gasteiger partial charge on any atom is 0.318 e. The van der Waals surface area contributed by atoms with Gasteiger partial charge in [-0.15, -0.1) is 0 Å². The third-order valence-electron chi connectivity index (χ3n) is 7.11. The largest absolute Gasteiger partial charge is 0.508 e. The average Bonchev–Trinajstić information content (AvgIpc) is 3.32. The fourth-order valence-electron chi connectivity index (χ4n) is 5.04. The SMILES string of the molecule is C=CC(=O)N(CC)CC.CN1CCC(Oc2nc(N)c3c(n2)CN(c2cc(O)cc4ccccc24)CC3)C1. The number of aromatic nitrogens is 2. The minimum Gasteiger partial charge on any atom is -0.508 e. The summed E-state index contributed by atoms with van der Waals surface area (Å²) in [5.74, 6) is 0.790. The number of anilines is 2. The van der Waals surface area contributed by atoms with Crippen molar-refractivity contribution in [3.8, 4) is 11.8 Å². The van der Waals surface area contributed by atoms with Crippen LogP contribution in [0.15, 0.2) is 49.1 Å². The van der Waals surface area contributed by atoms with Crippen molar-refractivity contribution in [3.63, 3.8) is 0 Å². The van der Waals surface area contributed by atoms with Gasteiger partial charge in [0.15, 0.2) is 0 Å². The second-order valence-electron chi connectivity index (χ2n) is 9.68. The summed E-state index contributed by atoms with van der Waals surface area (Å²) in [4.78, 5) is 26.1. The van der Waals surface area contributed by atoms with Gasteiger partial charge in [-0.05, 0) is 51.3 Å². The first-order chi connectivity index (χ1) is 18.3. The number of nitrogen functional groups attached to an aromatic ring is 1. The molecule has 3 heterocycles. The predicted molar refractivity (Wildman–Crippen MR) is 151 cm³/mol. The molecule has 2 aliphatic heterocycles. The van der Waals surface area contributed by atoms with Crippen molar-refractivity contribution in [1.29, 1.82) is 0 Å². The quantitative estimate of drug-likeness (QED) is 0.477. The lowest BCUT2D eigenvalue weighted by Gasteiger charge is -2.31. The molecular weight excluding hydrogens is 480 g/mol. The number of likely N-dealkylation sites (N-methyl/N-ethyl adjacent to an activating group) is 2. The van der Waals surface area contributed by atoms with E-state index in [4.69, 9.17) is 15.5 Å². The summed E-state index contributed by atoms with van der Waals surface area (Å²) in [7, 11) is 2.09. The molecule has 2 aromatic carbocycles. The number of aromatic hydroxyl groups is 1. The second-order valence-corrected chi connectivity index (χ2v) is 9.68. The number of phenols is 1. The molecule has 3 aromatic rings. The highest BCUT2D eigenvalue weighted by Crippen LogP contribution is 2.35. The molecule has 1 fully saturated rings. The molecule has 1 atom stereocenters. The van der Waals surface area contributed by atoms with Crippen molar-refractivity contribution in [2.45, 2.75) is 39.3 Å². The highest BCUT2D eigenvalue weighted by atomic mass is 16.5. The van der Waals surface area contributed by atoms with Crippen molar-refractivity contribution >= 4 is 28.2 Å². The number of carbonyl (C=O) groups is 1. The third-order valence-corrected chi connectivity index (χ3v) is 7.11. The van der Waals surface area contributed by atoms with Crippen LogP contribution in [-0.4, -0.2) is 76.7 Å². The normalized spacial score (nSPS) is 16.9. The van der Waals surface area contributed by atoms with E-state index in [1.807, 2.05) is 38.1 Å². The van der Waals surface area contributed by atoms with E-state index >= 15 is 0 Å². The van der Waals surface area contributed by atoms with E-state index in [1.54, 1.807) is 11.0 Å². The molecule has 1 aromatic heterocycles. The van der Waals surface area contributed by atoms with Crippen LogP contribution in [0.2, 0.25) is 0 Å². The molecule has 0 bridgehead atoms. The van der Waals surface area contributed by atoms with Crippen LogP contribution in [0.1, 0.15) is 31.5 Å². The van der Waals surface area contributed by atoms with Gasteiger partial charge in [0.05, 0.1) is 12.2 Å². The summed E-state index contributed by atoms with van der Waals surface area (Å²) in [5, 5.41) is 12.3. The van der Waals surface area contributed by atoms with Gasteiger partial charge in [0.1, 0.15) is 17.7 Å². The van der Waals surface area contributed by atoms with Gasteiger partial charge in [-0.2, -0.15) is 9.97 Å². The number of ether oxygens (including phenoxy) is 1. The van der Waals surface area contributed by atoms with E-state index in [1.165, 1.54) is 6.08 Å². The number of phenolic OH excluding ortho intramolecular Hbond substituents is 1. The molecular formula is C29H38N6O3. The molecule has 0 saturated carbocycles. The molecule has 0 spiro atoms. The standard InChI is InChI=1S/C22H25N5O2.C7H13NO/c1-26-8-6-16(12-26)29-22-24-19-13-27(9-7-18(19)21(23)25-22)20-11-15(28)10-14-4-2-3-5-17(14)20;1-4-7(9)8(5-2)6-3/h2-5,10-11,16,28H,6-9,12-13H2,1H3,(H2,23,24,25);4H,1,5-6H2,2-3H3. The Morgan fingerprint density at radius 3 is 2.66 bits per heavy atom. The maximum atomic E-state index is 10.8. The monoisotopic (exact) mass is 518 g/mol. The van der Waals surface area contributed by atoms with E-state index in [0.717, 1.165) is 73.3 Å². The van der Waals surface area contributed by atoms with E-state index in [-0.39, 0.29) is 17.8 Å². The summed E-state index contributed by atoms with van der Waals surface area (Å²) in [6.07, 6.45) is 3.18. The van der Waals surface area contributed by atoms with Gasteiger partial charge in [0.2, 0.25) is 5.91 Å². The first-order valence-corrected chi connectivity index (χ1v) is 13.2. The van der Waals surface area contributed by atoms with Crippen LogP contribution in [-0.2, 0) is 17.8 Å². The van der Waals surface area contributed by atoms with Gasteiger partial charge in [-0.1, -0.05) is 30.8 Å². The molecule has 9 nitrogen and oxygen atoms in total. The fourth-order valence-corrected chi connectivity index (χ4v) is 5.04. The lowest BCUT2D eigenvalue weighted by atomic mass is 10.0. The van der Waals surface area contributed by atoms with Crippen LogP contribution in [0, 0.1) is 0 Å². The average molecular weight is 519 g/mol. The summed E-state index contributed by atoms with van der Waals surface area (Å²) < 4.78 is 6.02. The Hall–Kier alpha value is -3.85. The summed E-state index contributed by atoms with van der Waals surface area (Å²) in [5.41, 5.74) is 9.15. The molecule has 0 radical (unpaired) electrons. The van der Waals surface area contributed by atoms with E-state index < -0.39 is 0 Å². The van der Waals surface area contributed by atoms with E-state index in [9.17, 15) is 9.90 Å². The minimum absolute atomic E-state index is 0.0139. The predicted octanol–water partition coefficient (Wildman–Crippen LogP) is 3.60. The molecule has 1 amide bonds. The molecule has 1 unspecified atom stereocenters. The number of likely N-dealkylation sites (tertiary alicyclic amines) is 1. The molecule has 1 saturated heterocycles. The van der Waals surface area contributed by atoms with Gasteiger partial charge in [-0.25, -0.2) is 0 Å². The Balaban J connectivity index is 0.000000323. The van der Waals surface area contributed by atoms with Gasteiger partial charge in [-0.3, -0.25) is 4.79 Å². The number of amides is 1. The Labute approximate surface area is 224 Å². The van der Waals surface area contributed by atoms with Crippen molar-refractivity contribution in [3.05, 3.63) is 60.3 Å². The van der Waals surface area contributed by atoms with E-state index in [0.29, 0.717) is 18.4 Å². The Bertz CT molecular complexity index is 1290. The molecule has 38 heavy (non-hydrogen) atoms. The van der Waals surface area contributed by atoms with Crippen LogP contribution in [0.3, 0.4) is 0 Å². The van der Waals surface area contributed by atoms with Gasteiger partial charge in [0.25, 0.3) is 0 Å². The topological polar surface area (TPSA) is 108 Å². The molecule has 202 valence electrons. The van der Waals surface area contributed by atoms with Gasteiger partial charge >= 0.3 is 6.01 Å². The van der Waals surface area contributed by atoms with Crippen molar-refractivity contribution < 1.29 is 14.6 Å². The first kappa shape index (κ1) is 27.2. The highest BCUT2D eigenvalue weighted by molar-refractivity contribution is 5.95. The van der Waals surface area contributed by atoms with Gasteiger partial charge < -0.3 is 30.3 Å². The van der Waals surface area contributed by atoms with Crippen LogP contribution < -0.4 is 15.4 Å². The smallest absolute Gasteiger partial charge is 0.318 e. The maximum absolute atomic E-state index is 10.8. The van der Waals surface area contributed by atoms with Crippen molar-refractivity contribution in [1.82, 2.24) is 19.8 Å². The number of fused-ring (bicyclic) bond motifs is 2. The van der Waals surface area contributed by atoms with Crippen LogP contribution in [0.5, 0.6) is 11.8 Å². The number of nitrogens with zero attached hydrogens (tertiary/aromatic N) is 5. The summed E-state index contributed by atoms with van der Waals surface area (Å²) in [6, 6.07) is 12.1. The zero-order chi connectivity index (χ0) is 27.2. The molecule has 9 heteroatoms. The number of carbonyl (C=O) groups excluding carboxylic acids is 1. The number of nitrogens with two attached hydrogens (primary N) is 1. The fraction of sp³-hybridized carbons (Fsp3) is 0.414. The van der Waals surface area contributed by atoms with Crippen LogP contribution >= 0.6 is 0 Å². The highest BCUT2D eigenvalue weighted by Gasteiger charge is 2.26. The van der Waals surface area contributed by atoms with Crippen molar-refractivity contribution in [2.75, 3.05) is 50.4 Å². The minimum atomic E-state index is 0.0139. The Morgan fingerprint density at radius 2 is 2.00 bits per heavy atom. The van der Waals surface area contributed by atoms with E-state index in [2.05, 4.69) is 34.5 Å². The molecule has 5 rings (SSSR count). The lowest BCUT2D eigenvalue weighted by molar-refractivity contribution is -0.125. The van der Waals surface area contributed by atoms with Gasteiger partial charge in [0, 0.05) is 55.4 Å². The van der Waals surface area contributed by atoms with Crippen LogP contribution in [0.25, 0.3) is 10.8 Å².